The van der Waals surface area contributed by atoms with Crippen LogP contribution in [0.25, 0.3) is 11.3 Å². The Labute approximate surface area is 170 Å². The normalized spacial score (nSPS) is 14.0. The number of rotatable bonds is 7. The summed E-state index contributed by atoms with van der Waals surface area (Å²) in [5.41, 5.74) is 2.90. The molecule has 1 heterocycles. The Morgan fingerprint density at radius 2 is 1.76 bits per heavy atom. The van der Waals surface area contributed by atoms with Crippen molar-refractivity contribution in [3.63, 3.8) is 0 Å². The van der Waals surface area contributed by atoms with Gasteiger partial charge < -0.3 is 4.90 Å². The van der Waals surface area contributed by atoms with Gasteiger partial charge in [0, 0.05) is 29.1 Å². The highest BCUT2D eigenvalue weighted by atomic mass is 32.2. The van der Waals surface area contributed by atoms with Gasteiger partial charge in [-0.05, 0) is 49.6 Å². The van der Waals surface area contributed by atoms with E-state index in [1.807, 2.05) is 66.4 Å². The maximum atomic E-state index is 13.0. The van der Waals surface area contributed by atoms with Crippen LogP contribution in [0.15, 0.2) is 66.9 Å². The first kappa shape index (κ1) is 19.4. The molecule has 0 saturated heterocycles. The first-order valence-corrected chi connectivity index (χ1v) is 11.4. The fourth-order valence-corrected chi connectivity index (χ4v) is 4.47. The third kappa shape index (κ3) is 4.10. The van der Waals surface area contributed by atoms with Crippen LogP contribution in [0.3, 0.4) is 0 Å². The maximum absolute atomic E-state index is 13.0. The van der Waals surface area contributed by atoms with Crippen LogP contribution in [-0.4, -0.2) is 35.3 Å². The number of nitrogens with zero attached hydrogens (tertiary/aromatic N) is 3. The van der Waals surface area contributed by atoms with Gasteiger partial charge in [0.15, 0.2) is 0 Å². The molecule has 2 aromatic carbocycles. The van der Waals surface area contributed by atoms with E-state index in [9.17, 15) is 13.2 Å². The topological polar surface area (TPSA) is 72.3 Å². The molecule has 29 heavy (non-hydrogen) atoms. The summed E-state index contributed by atoms with van der Waals surface area (Å²) < 4.78 is 25.4. The van der Waals surface area contributed by atoms with E-state index in [2.05, 4.69) is 5.10 Å². The summed E-state index contributed by atoms with van der Waals surface area (Å²) >= 11 is 0. The Morgan fingerprint density at radius 3 is 2.38 bits per heavy atom. The van der Waals surface area contributed by atoms with Crippen LogP contribution in [0.1, 0.15) is 36.5 Å². The minimum absolute atomic E-state index is 0.00390. The van der Waals surface area contributed by atoms with Crippen molar-refractivity contribution in [2.45, 2.75) is 32.2 Å². The molecule has 4 rings (SSSR count). The number of anilines is 1. The van der Waals surface area contributed by atoms with E-state index in [4.69, 9.17) is 0 Å². The van der Waals surface area contributed by atoms with Crippen LogP contribution < -0.4 is 4.90 Å². The molecule has 1 saturated carbocycles. The second-order valence-corrected chi connectivity index (χ2v) is 9.15. The van der Waals surface area contributed by atoms with Crippen molar-refractivity contribution < 1.29 is 13.2 Å². The zero-order chi connectivity index (χ0) is 20.4. The van der Waals surface area contributed by atoms with Crippen molar-refractivity contribution in [2.24, 2.45) is 0 Å². The SMILES string of the molecule is CCCS(=O)(=O)n1ccc(-c2ccc(N(C(=O)c3ccccc3)C3CC3)cc2)n1. The molecule has 0 radical (unpaired) electrons. The van der Waals surface area contributed by atoms with Crippen molar-refractivity contribution in [3.05, 3.63) is 72.4 Å². The Kier molecular flexibility index (Phi) is 5.24. The highest BCUT2D eigenvalue weighted by Crippen LogP contribution is 2.34. The smallest absolute Gasteiger partial charge is 0.258 e. The van der Waals surface area contributed by atoms with Gasteiger partial charge in [0.1, 0.15) is 0 Å². The molecule has 3 aromatic rings. The molecule has 0 aliphatic heterocycles. The lowest BCUT2D eigenvalue weighted by Crippen LogP contribution is -2.32. The summed E-state index contributed by atoms with van der Waals surface area (Å²) in [5.74, 6) is 0.0566. The molecule has 1 aliphatic rings. The summed E-state index contributed by atoms with van der Waals surface area (Å²) in [5, 5.41) is 4.22. The standard InChI is InChI=1S/C22H23N3O3S/c1-2-16-29(27,28)24-15-14-21(23-24)17-8-10-19(11-9-17)25(20-12-13-20)22(26)18-6-4-3-5-7-18/h3-11,14-15,20H,2,12-13,16H2,1H3. The van der Waals surface area contributed by atoms with Gasteiger partial charge in [0.05, 0.1) is 11.4 Å². The van der Waals surface area contributed by atoms with Gasteiger partial charge in [0.2, 0.25) is 0 Å². The largest absolute Gasteiger partial charge is 0.305 e. The molecule has 6 nitrogen and oxygen atoms in total. The summed E-state index contributed by atoms with van der Waals surface area (Å²) in [7, 11) is -3.41. The van der Waals surface area contributed by atoms with E-state index >= 15 is 0 Å². The fourth-order valence-electron chi connectivity index (χ4n) is 3.31. The van der Waals surface area contributed by atoms with Gasteiger partial charge in [-0.3, -0.25) is 4.79 Å². The van der Waals surface area contributed by atoms with Gasteiger partial charge in [0.25, 0.3) is 15.9 Å². The van der Waals surface area contributed by atoms with Crippen LogP contribution >= 0.6 is 0 Å². The zero-order valence-corrected chi connectivity index (χ0v) is 17.0. The third-order valence-corrected chi connectivity index (χ3v) is 6.60. The molecule has 1 fully saturated rings. The first-order chi connectivity index (χ1) is 14.0. The van der Waals surface area contributed by atoms with E-state index < -0.39 is 10.0 Å². The van der Waals surface area contributed by atoms with Crippen molar-refractivity contribution in [1.29, 1.82) is 0 Å². The average Bonchev–Trinajstić information content (AvgIpc) is 3.42. The first-order valence-electron chi connectivity index (χ1n) is 9.77. The van der Waals surface area contributed by atoms with Crippen LogP contribution in [0.2, 0.25) is 0 Å². The molecular weight excluding hydrogens is 386 g/mol. The van der Waals surface area contributed by atoms with E-state index in [-0.39, 0.29) is 17.7 Å². The van der Waals surface area contributed by atoms with Crippen molar-refractivity contribution in [3.8, 4) is 11.3 Å². The van der Waals surface area contributed by atoms with E-state index in [1.54, 1.807) is 6.07 Å². The molecular formula is C22H23N3O3S. The molecule has 0 spiro atoms. The van der Waals surface area contributed by atoms with E-state index in [1.165, 1.54) is 6.20 Å². The molecule has 1 aliphatic carbocycles. The van der Waals surface area contributed by atoms with Crippen molar-refractivity contribution >= 4 is 21.6 Å². The van der Waals surface area contributed by atoms with E-state index in [0.29, 0.717) is 17.7 Å². The average molecular weight is 410 g/mol. The lowest BCUT2D eigenvalue weighted by molar-refractivity contribution is 0.0985. The van der Waals surface area contributed by atoms with Crippen LogP contribution in [0.4, 0.5) is 5.69 Å². The second-order valence-electron chi connectivity index (χ2n) is 7.21. The third-order valence-electron chi connectivity index (χ3n) is 4.91. The molecule has 0 bridgehead atoms. The summed E-state index contributed by atoms with van der Waals surface area (Å²) in [6.45, 7) is 1.82. The number of amides is 1. The number of benzene rings is 2. The number of hydrogen-bond acceptors (Lipinski definition) is 4. The van der Waals surface area contributed by atoms with Gasteiger partial charge in [-0.15, -0.1) is 0 Å². The minimum Gasteiger partial charge on any atom is -0.305 e. The quantitative estimate of drug-likeness (QED) is 0.592. The monoisotopic (exact) mass is 409 g/mol. The molecule has 1 aromatic heterocycles. The number of carbonyl (C=O) groups is 1. The molecule has 1 amide bonds. The zero-order valence-electron chi connectivity index (χ0n) is 16.2. The predicted octanol–water partition coefficient (Wildman–Crippen LogP) is 3.95. The molecule has 0 N–H and O–H groups in total. The Hall–Kier alpha value is -2.93. The van der Waals surface area contributed by atoms with Crippen LogP contribution in [0, 0.1) is 0 Å². The highest BCUT2D eigenvalue weighted by molar-refractivity contribution is 7.89. The fraction of sp³-hybridized carbons (Fsp3) is 0.273. The number of aromatic nitrogens is 2. The Bertz CT molecular complexity index is 1100. The van der Waals surface area contributed by atoms with Gasteiger partial charge >= 0.3 is 0 Å². The molecule has 7 heteroatoms. The van der Waals surface area contributed by atoms with Gasteiger partial charge in [-0.25, -0.2) is 8.42 Å². The lowest BCUT2D eigenvalue weighted by atomic mass is 10.1. The molecule has 150 valence electrons. The maximum Gasteiger partial charge on any atom is 0.258 e. The highest BCUT2D eigenvalue weighted by Gasteiger charge is 2.34. The van der Waals surface area contributed by atoms with E-state index in [0.717, 1.165) is 28.2 Å². The lowest BCUT2D eigenvalue weighted by Gasteiger charge is -2.23. The Morgan fingerprint density at radius 1 is 1.07 bits per heavy atom. The van der Waals surface area contributed by atoms with Crippen molar-refractivity contribution in [2.75, 3.05) is 10.7 Å². The number of carbonyl (C=O) groups excluding carboxylic acids is 1. The number of hydrogen-bond donors (Lipinski definition) is 0. The van der Waals surface area contributed by atoms with Crippen molar-refractivity contribution in [1.82, 2.24) is 9.19 Å². The summed E-state index contributed by atoms with van der Waals surface area (Å²) in [4.78, 5) is 14.9. The minimum atomic E-state index is -3.41. The van der Waals surface area contributed by atoms with Crippen LogP contribution in [-0.2, 0) is 10.0 Å². The van der Waals surface area contributed by atoms with Gasteiger partial charge in [-0.2, -0.15) is 9.19 Å². The van der Waals surface area contributed by atoms with Crippen LogP contribution in [0.5, 0.6) is 0 Å². The Balaban J connectivity index is 1.59. The summed E-state index contributed by atoms with van der Waals surface area (Å²) in [6, 6.07) is 18.8. The summed E-state index contributed by atoms with van der Waals surface area (Å²) in [6.07, 6.45) is 4.02. The molecule has 0 unspecified atom stereocenters. The van der Waals surface area contributed by atoms with Gasteiger partial charge in [-0.1, -0.05) is 37.3 Å². The predicted molar refractivity (Wildman–Crippen MR) is 113 cm³/mol. The molecule has 0 atom stereocenters. The second kappa shape index (κ2) is 7.83.